The maximum absolute atomic E-state index is 13.9. The molecular formula is C23H24FN3O4. The minimum Gasteiger partial charge on any atom is -0.494 e. The van der Waals surface area contributed by atoms with Crippen LogP contribution in [0.5, 0.6) is 5.75 Å². The van der Waals surface area contributed by atoms with Crippen LogP contribution in [0.15, 0.2) is 53.1 Å². The highest BCUT2D eigenvalue weighted by Crippen LogP contribution is 2.28. The van der Waals surface area contributed by atoms with E-state index in [-0.39, 0.29) is 17.6 Å². The fraction of sp³-hybridized carbons (Fsp3) is 0.348. The number of amides is 1. The number of rotatable bonds is 8. The highest BCUT2D eigenvalue weighted by atomic mass is 19.1. The van der Waals surface area contributed by atoms with Gasteiger partial charge in [-0.3, -0.25) is 4.79 Å². The average Bonchev–Trinajstić information content (AvgIpc) is 3.47. The van der Waals surface area contributed by atoms with Crippen molar-refractivity contribution in [2.24, 2.45) is 0 Å². The van der Waals surface area contributed by atoms with Crippen LogP contribution in [-0.2, 0) is 17.8 Å². The summed E-state index contributed by atoms with van der Waals surface area (Å²) in [6.45, 7) is 2.04. The third kappa shape index (κ3) is 5.08. The van der Waals surface area contributed by atoms with Crippen LogP contribution in [-0.4, -0.2) is 47.8 Å². The van der Waals surface area contributed by atoms with Gasteiger partial charge in [0.15, 0.2) is 17.4 Å². The van der Waals surface area contributed by atoms with Crippen molar-refractivity contribution in [2.75, 3.05) is 26.8 Å². The van der Waals surface area contributed by atoms with Crippen molar-refractivity contribution in [3.63, 3.8) is 0 Å². The largest absolute Gasteiger partial charge is 0.494 e. The number of methoxy groups -OCH3 is 1. The third-order valence-corrected chi connectivity index (χ3v) is 5.29. The molecule has 0 radical (unpaired) electrons. The zero-order chi connectivity index (χ0) is 21.6. The smallest absolute Gasteiger partial charge is 0.253 e. The molecule has 0 saturated carbocycles. The van der Waals surface area contributed by atoms with Gasteiger partial charge in [0, 0.05) is 25.1 Å². The summed E-state index contributed by atoms with van der Waals surface area (Å²) < 4.78 is 29.9. The molecule has 2 aromatic carbocycles. The minimum atomic E-state index is -0.555. The molecule has 31 heavy (non-hydrogen) atoms. The van der Waals surface area contributed by atoms with Crippen LogP contribution >= 0.6 is 0 Å². The number of nitrogens with zero attached hydrogens (tertiary/aromatic N) is 3. The summed E-state index contributed by atoms with van der Waals surface area (Å²) in [4.78, 5) is 18.9. The van der Waals surface area contributed by atoms with Crippen molar-refractivity contribution in [2.45, 2.75) is 25.4 Å². The molecule has 0 bridgehead atoms. The van der Waals surface area contributed by atoms with E-state index in [1.165, 1.54) is 19.2 Å². The molecule has 2 heterocycles. The predicted molar refractivity (Wildman–Crippen MR) is 110 cm³/mol. The lowest BCUT2D eigenvalue weighted by atomic mass is 10.1. The van der Waals surface area contributed by atoms with Gasteiger partial charge in [0.05, 0.1) is 26.2 Å². The fourth-order valence-corrected chi connectivity index (χ4v) is 3.59. The molecule has 8 heteroatoms. The van der Waals surface area contributed by atoms with Crippen LogP contribution in [0.4, 0.5) is 4.39 Å². The lowest BCUT2D eigenvalue weighted by Crippen LogP contribution is -2.28. The minimum absolute atomic E-state index is 0.0291. The number of benzene rings is 2. The number of hydrogen-bond acceptors (Lipinski definition) is 6. The third-order valence-electron chi connectivity index (χ3n) is 5.29. The second-order valence-electron chi connectivity index (χ2n) is 7.42. The van der Waals surface area contributed by atoms with E-state index < -0.39 is 5.82 Å². The predicted octanol–water partition coefficient (Wildman–Crippen LogP) is 3.61. The first kappa shape index (κ1) is 21.0. The molecule has 1 amide bonds. The summed E-state index contributed by atoms with van der Waals surface area (Å²) in [5.74, 6) is 0.415. The van der Waals surface area contributed by atoms with Crippen LogP contribution in [0.2, 0.25) is 0 Å². The van der Waals surface area contributed by atoms with Crippen LogP contribution in [0, 0.1) is 5.82 Å². The first-order valence-electron chi connectivity index (χ1n) is 10.2. The van der Waals surface area contributed by atoms with Crippen molar-refractivity contribution < 1.29 is 23.2 Å². The zero-order valence-electron chi connectivity index (χ0n) is 17.3. The van der Waals surface area contributed by atoms with Gasteiger partial charge in [-0.2, -0.15) is 4.98 Å². The van der Waals surface area contributed by atoms with Crippen molar-refractivity contribution in [3.05, 3.63) is 77.2 Å². The summed E-state index contributed by atoms with van der Waals surface area (Å²) in [6, 6.07) is 14.2. The summed E-state index contributed by atoms with van der Waals surface area (Å²) in [5, 5.41) is 4.03. The van der Waals surface area contributed by atoms with Crippen LogP contribution in [0.3, 0.4) is 0 Å². The Kier molecular flexibility index (Phi) is 6.57. The van der Waals surface area contributed by atoms with Crippen molar-refractivity contribution in [1.29, 1.82) is 0 Å². The number of halogens is 1. The summed E-state index contributed by atoms with van der Waals surface area (Å²) in [6.07, 6.45) is 1.27. The summed E-state index contributed by atoms with van der Waals surface area (Å²) in [7, 11) is 1.39. The second kappa shape index (κ2) is 9.70. The number of likely N-dealkylation sites (tertiary alicyclic amines) is 1. The Labute approximate surface area is 179 Å². The van der Waals surface area contributed by atoms with Gasteiger partial charge in [-0.05, 0) is 30.2 Å². The molecule has 1 fully saturated rings. The molecule has 0 N–H and O–H groups in total. The van der Waals surface area contributed by atoms with Crippen molar-refractivity contribution in [3.8, 4) is 5.75 Å². The van der Waals surface area contributed by atoms with E-state index in [0.717, 1.165) is 12.0 Å². The average molecular weight is 425 g/mol. The molecule has 1 aliphatic heterocycles. The molecule has 7 nitrogen and oxygen atoms in total. The fourth-order valence-electron chi connectivity index (χ4n) is 3.59. The molecule has 162 valence electrons. The number of ether oxygens (including phenoxy) is 2. The maximum Gasteiger partial charge on any atom is 0.253 e. The van der Waals surface area contributed by atoms with Crippen LogP contribution in [0.1, 0.15) is 40.0 Å². The molecule has 1 saturated heterocycles. The summed E-state index contributed by atoms with van der Waals surface area (Å²) >= 11 is 0. The van der Waals surface area contributed by atoms with Crippen LogP contribution < -0.4 is 4.74 Å². The molecule has 0 spiro atoms. The van der Waals surface area contributed by atoms with Gasteiger partial charge in [0.25, 0.3) is 5.91 Å². The SMILES string of the molecule is COc1ccc(C(=O)N2CCC(c3nc(CCOCc4ccccc4)no3)C2)cc1F. The molecule has 1 atom stereocenters. The molecule has 0 aliphatic carbocycles. The number of hydrogen-bond donors (Lipinski definition) is 0. The first-order valence-corrected chi connectivity index (χ1v) is 10.2. The van der Waals surface area contributed by atoms with E-state index >= 15 is 0 Å². The monoisotopic (exact) mass is 425 g/mol. The highest BCUT2D eigenvalue weighted by Gasteiger charge is 2.31. The first-order chi connectivity index (χ1) is 15.1. The normalized spacial score (nSPS) is 15.9. The Bertz CT molecular complexity index is 1020. The standard InChI is InChI=1S/C23H24FN3O4/c1-29-20-8-7-17(13-19(20)24)23(28)27-11-9-18(14-27)22-25-21(26-31-22)10-12-30-15-16-5-3-2-4-6-16/h2-8,13,18H,9-12,14-15H2,1H3. The van der Waals surface area contributed by atoms with Crippen molar-refractivity contribution >= 4 is 5.91 Å². The second-order valence-corrected chi connectivity index (χ2v) is 7.42. The molecule has 1 unspecified atom stereocenters. The van der Waals surface area contributed by atoms with E-state index in [1.54, 1.807) is 11.0 Å². The Hall–Kier alpha value is -3.26. The highest BCUT2D eigenvalue weighted by molar-refractivity contribution is 5.94. The number of carbonyl (C=O) groups is 1. The van der Waals surface area contributed by atoms with Gasteiger partial charge in [0.2, 0.25) is 5.89 Å². The Morgan fingerprint density at radius 1 is 1.26 bits per heavy atom. The van der Waals surface area contributed by atoms with E-state index in [0.29, 0.717) is 50.0 Å². The van der Waals surface area contributed by atoms with Gasteiger partial charge in [-0.15, -0.1) is 0 Å². The van der Waals surface area contributed by atoms with Gasteiger partial charge in [0.1, 0.15) is 0 Å². The van der Waals surface area contributed by atoms with E-state index in [4.69, 9.17) is 14.0 Å². The molecule has 1 aliphatic rings. The van der Waals surface area contributed by atoms with Gasteiger partial charge in [-0.1, -0.05) is 35.5 Å². The van der Waals surface area contributed by atoms with Gasteiger partial charge in [-0.25, -0.2) is 4.39 Å². The quantitative estimate of drug-likeness (QED) is 0.513. The van der Waals surface area contributed by atoms with E-state index in [2.05, 4.69) is 10.1 Å². The molecular weight excluding hydrogens is 401 g/mol. The van der Waals surface area contributed by atoms with Crippen molar-refractivity contribution in [1.82, 2.24) is 15.0 Å². The number of aromatic nitrogens is 2. The maximum atomic E-state index is 13.9. The lowest BCUT2D eigenvalue weighted by Gasteiger charge is -2.16. The Morgan fingerprint density at radius 2 is 2.10 bits per heavy atom. The van der Waals surface area contributed by atoms with Gasteiger partial charge >= 0.3 is 0 Å². The topological polar surface area (TPSA) is 77.7 Å². The zero-order valence-corrected chi connectivity index (χ0v) is 17.3. The Balaban J connectivity index is 1.28. The van der Waals surface area contributed by atoms with E-state index in [1.807, 2.05) is 30.3 Å². The van der Waals surface area contributed by atoms with Crippen LogP contribution in [0.25, 0.3) is 0 Å². The summed E-state index contributed by atoms with van der Waals surface area (Å²) in [5.41, 5.74) is 1.41. The Morgan fingerprint density at radius 3 is 2.87 bits per heavy atom. The van der Waals surface area contributed by atoms with Gasteiger partial charge < -0.3 is 18.9 Å². The molecule has 4 rings (SSSR count). The molecule has 3 aromatic rings. The molecule has 1 aromatic heterocycles. The van der Waals surface area contributed by atoms with E-state index in [9.17, 15) is 9.18 Å². The lowest BCUT2D eigenvalue weighted by molar-refractivity contribution is 0.0789. The number of carbonyl (C=O) groups excluding carboxylic acids is 1.